The number of nitrogens with zero attached hydrogens (tertiary/aromatic N) is 6. The van der Waals surface area contributed by atoms with Gasteiger partial charge in [0.05, 0.1) is 5.69 Å². The van der Waals surface area contributed by atoms with E-state index < -0.39 is 5.56 Å². The van der Waals surface area contributed by atoms with E-state index in [0.29, 0.717) is 33.5 Å². The van der Waals surface area contributed by atoms with Crippen LogP contribution in [0, 0.1) is 13.8 Å². The number of H-pyrrole nitrogens is 1. The maximum absolute atomic E-state index is 12.8. The zero-order valence-electron chi connectivity index (χ0n) is 17.3. The first-order valence-corrected chi connectivity index (χ1v) is 11.5. The van der Waals surface area contributed by atoms with Crippen LogP contribution < -0.4 is 11.2 Å². The standard InChI is InChI=1S/C21H21N7O2S/c1-10-7-11(2)27-8-13(23-20(27)22-10)9-31-19-15-17(24-16(25-19)12-3-4-12)28(14-5-6-14)21(30)26-18(15)29/h7-8,12,14H,3-6,9H2,1-2H3,(H,26,29,30). The van der Waals surface area contributed by atoms with Gasteiger partial charge in [-0.1, -0.05) is 11.8 Å². The number of thioether (sulfide) groups is 1. The van der Waals surface area contributed by atoms with Crippen LogP contribution >= 0.6 is 11.8 Å². The summed E-state index contributed by atoms with van der Waals surface area (Å²) in [6.07, 6.45) is 5.92. The molecule has 31 heavy (non-hydrogen) atoms. The fourth-order valence-corrected chi connectivity index (χ4v) is 4.87. The van der Waals surface area contributed by atoms with E-state index >= 15 is 0 Å². The molecule has 2 fully saturated rings. The number of aromatic nitrogens is 7. The molecular weight excluding hydrogens is 414 g/mol. The average Bonchev–Trinajstić information content (AvgIpc) is 3.63. The maximum atomic E-state index is 12.8. The second-order valence-electron chi connectivity index (χ2n) is 8.45. The van der Waals surface area contributed by atoms with Crippen LogP contribution in [0.1, 0.15) is 60.5 Å². The fraction of sp³-hybridized carbons (Fsp3) is 0.429. The van der Waals surface area contributed by atoms with Crippen molar-refractivity contribution in [1.82, 2.24) is 33.9 Å². The minimum Gasteiger partial charge on any atom is -0.288 e. The summed E-state index contributed by atoms with van der Waals surface area (Å²) in [5.41, 5.74) is 2.52. The Balaban J connectivity index is 1.45. The molecule has 0 atom stereocenters. The average molecular weight is 436 g/mol. The summed E-state index contributed by atoms with van der Waals surface area (Å²) in [6.45, 7) is 3.98. The van der Waals surface area contributed by atoms with Gasteiger partial charge in [0.25, 0.3) is 5.56 Å². The highest BCUT2D eigenvalue weighted by Gasteiger charge is 2.32. The summed E-state index contributed by atoms with van der Waals surface area (Å²) in [5, 5.41) is 1.01. The molecule has 0 bridgehead atoms. The normalized spacial score (nSPS) is 16.5. The van der Waals surface area contributed by atoms with E-state index in [1.165, 1.54) is 11.8 Å². The minimum absolute atomic E-state index is 0.113. The zero-order chi connectivity index (χ0) is 21.3. The number of fused-ring (bicyclic) bond motifs is 2. The number of aryl methyl sites for hydroxylation is 2. The molecule has 2 aliphatic rings. The Hall–Kier alpha value is -3.01. The highest BCUT2D eigenvalue weighted by atomic mass is 32.2. The van der Waals surface area contributed by atoms with Crippen LogP contribution in [0.15, 0.2) is 26.9 Å². The summed E-state index contributed by atoms with van der Waals surface area (Å²) in [5.74, 6) is 2.26. The van der Waals surface area contributed by atoms with Gasteiger partial charge in [-0.15, -0.1) is 0 Å². The predicted molar refractivity (Wildman–Crippen MR) is 117 cm³/mol. The van der Waals surface area contributed by atoms with E-state index in [9.17, 15) is 9.59 Å². The summed E-state index contributed by atoms with van der Waals surface area (Å²) >= 11 is 1.46. The Labute approximate surface area is 181 Å². The number of hydrogen-bond donors (Lipinski definition) is 1. The molecule has 0 aromatic carbocycles. The van der Waals surface area contributed by atoms with Gasteiger partial charge < -0.3 is 0 Å². The van der Waals surface area contributed by atoms with Crippen LogP contribution in [0.3, 0.4) is 0 Å². The molecule has 6 rings (SSSR count). The Bertz CT molecular complexity index is 1480. The van der Waals surface area contributed by atoms with E-state index in [1.807, 2.05) is 30.5 Å². The van der Waals surface area contributed by atoms with E-state index in [2.05, 4.69) is 19.9 Å². The van der Waals surface area contributed by atoms with Gasteiger partial charge in [0.2, 0.25) is 5.78 Å². The lowest BCUT2D eigenvalue weighted by molar-refractivity contribution is 0.691. The summed E-state index contributed by atoms with van der Waals surface area (Å²) in [4.78, 5) is 46.3. The van der Waals surface area contributed by atoms with Crippen LogP contribution in [0.4, 0.5) is 0 Å². The smallest absolute Gasteiger partial charge is 0.288 e. The molecule has 2 saturated carbocycles. The summed E-state index contributed by atoms with van der Waals surface area (Å²) in [6, 6.07) is 2.13. The van der Waals surface area contributed by atoms with E-state index in [-0.39, 0.29) is 11.7 Å². The Morgan fingerprint density at radius 3 is 2.65 bits per heavy atom. The highest BCUT2D eigenvalue weighted by Crippen LogP contribution is 2.41. The van der Waals surface area contributed by atoms with Crippen molar-refractivity contribution in [2.24, 2.45) is 0 Å². The van der Waals surface area contributed by atoms with E-state index in [0.717, 1.165) is 48.6 Å². The molecule has 9 nitrogen and oxygen atoms in total. The molecule has 10 heteroatoms. The molecule has 0 spiro atoms. The first-order valence-electron chi connectivity index (χ1n) is 10.5. The van der Waals surface area contributed by atoms with Crippen LogP contribution in [0.5, 0.6) is 0 Å². The van der Waals surface area contributed by atoms with Gasteiger partial charge in [0, 0.05) is 35.3 Å². The Morgan fingerprint density at radius 2 is 1.90 bits per heavy atom. The first-order chi connectivity index (χ1) is 15.0. The van der Waals surface area contributed by atoms with Crippen LogP contribution in [-0.2, 0) is 5.75 Å². The lowest BCUT2D eigenvalue weighted by Crippen LogP contribution is -2.31. The number of imidazole rings is 1. The van der Waals surface area contributed by atoms with Crippen LogP contribution in [0.2, 0.25) is 0 Å². The topological polar surface area (TPSA) is 111 Å². The molecule has 158 valence electrons. The molecule has 4 aromatic rings. The van der Waals surface area contributed by atoms with Gasteiger partial charge in [-0.05, 0) is 45.6 Å². The zero-order valence-corrected chi connectivity index (χ0v) is 18.1. The van der Waals surface area contributed by atoms with Crippen molar-refractivity contribution in [2.75, 3.05) is 0 Å². The van der Waals surface area contributed by atoms with Crippen molar-refractivity contribution in [3.05, 3.63) is 56.0 Å². The van der Waals surface area contributed by atoms with Crippen molar-refractivity contribution in [3.63, 3.8) is 0 Å². The van der Waals surface area contributed by atoms with Gasteiger partial charge in [-0.25, -0.2) is 24.7 Å². The maximum Gasteiger partial charge on any atom is 0.330 e. The first kappa shape index (κ1) is 18.7. The highest BCUT2D eigenvalue weighted by molar-refractivity contribution is 7.98. The van der Waals surface area contributed by atoms with Crippen LogP contribution in [0.25, 0.3) is 16.8 Å². The third-order valence-electron chi connectivity index (χ3n) is 5.79. The van der Waals surface area contributed by atoms with Crippen molar-refractivity contribution in [2.45, 2.75) is 62.3 Å². The SMILES string of the molecule is Cc1cc(C)n2cc(CSc3nc(C4CC4)nc4c3c(=O)[nH]c(=O)n4C3CC3)nc2n1. The molecule has 1 N–H and O–H groups in total. The van der Waals surface area contributed by atoms with Gasteiger partial charge in [0.1, 0.15) is 16.2 Å². The van der Waals surface area contributed by atoms with E-state index in [1.54, 1.807) is 4.57 Å². The quantitative estimate of drug-likeness (QED) is 0.379. The molecule has 0 aliphatic heterocycles. The second kappa shape index (κ2) is 6.74. The number of nitrogens with one attached hydrogen (secondary N) is 1. The monoisotopic (exact) mass is 435 g/mol. The third-order valence-corrected chi connectivity index (χ3v) is 6.80. The lowest BCUT2D eigenvalue weighted by Gasteiger charge is -2.11. The van der Waals surface area contributed by atoms with Gasteiger partial charge in [0.15, 0.2) is 5.65 Å². The lowest BCUT2D eigenvalue weighted by atomic mass is 10.3. The van der Waals surface area contributed by atoms with Crippen molar-refractivity contribution >= 4 is 28.6 Å². The van der Waals surface area contributed by atoms with Gasteiger partial charge >= 0.3 is 5.69 Å². The van der Waals surface area contributed by atoms with Crippen molar-refractivity contribution in [3.8, 4) is 0 Å². The Kier molecular flexibility index (Phi) is 4.08. The molecule has 0 unspecified atom stereocenters. The largest absolute Gasteiger partial charge is 0.330 e. The van der Waals surface area contributed by atoms with Crippen LogP contribution in [-0.4, -0.2) is 33.9 Å². The molecule has 4 heterocycles. The van der Waals surface area contributed by atoms with Gasteiger partial charge in [-0.2, -0.15) is 0 Å². The predicted octanol–water partition coefficient (Wildman–Crippen LogP) is 2.64. The fourth-order valence-electron chi connectivity index (χ4n) is 3.96. The molecule has 2 aliphatic carbocycles. The summed E-state index contributed by atoms with van der Waals surface area (Å²) < 4.78 is 3.61. The molecule has 0 amide bonds. The number of hydrogen-bond acceptors (Lipinski definition) is 7. The van der Waals surface area contributed by atoms with Crippen molar-refractivity contribution < 1.29 is 0 Å². The number of aromatic amines is 1. The number of rotatable bonds is 5. The summed E-state index contributed by atoms with van der Waals surface area (Å²) in [7, 11) is 0. The second-order valence-corrected chi connectivity index (χ2v) is 9.41. The van der Waals surface area contributed by atoms with E-state index in [4.69, 9.17) is 4.98 Å². The molecule has 4 aromatic heterocycles. The molecular formula is C21H21N7O2S. The Morgan fingerprint density at radius 1 is 1.10 bits per heavy atom. The van der Waals surface area contributed by atoms with Gasteiger partial charge in [-0.3, -0.25) is 18.7 Å². The molecule has 0 saturated heterocycles. The minimum atomic E-state index is -0.426. The molecule has 0 radical (unpaired) electrons. The van der Waals surface area contributed by atoms with Crippen molar-refractivity contribution in [1.29, 1.82) is 0 Å². The third kappa shape index (κ3) is 3.25.